The molecule has 0 aromatic carbocycles. The lowest BCUT2D eigenvalue weighted by atomic mass is 10.1. The molecule has 2 rings (SSSR count). The van der Waals surface area contributed by atoms with Crippen molar-refractivity contribution in [2.45, 2.75) is 25.4 Å². The van der Waals surface area contributed by atoms with Crippen molar-refractivity contribution in [3.63, 3.8) is 0 Å². The summed E-state index contributed by atoms with van der Waals surface area (Å²) < 4.78 is 1.74. The van der Waals surface area contributed by atoms with Crippen molar-refractivity contribution in [2.75, 3.05) is 6.54 Å². The minimum Gasteiger partial charge on any atom is -0.355 e. The normalized spacial score (nSPS) is 20.9. The molecule has 0 spiro atoms. The van der Waals surface area contributed by atoms with Gasteiger partial charge in [-0.15, -0.1) is 11.3 Å². The van der Waals surface area contributed by atoms with Crippen molar-refractivity contribution < 1.29 is 4.79 Å². The van der Waals surface area contributed by atoms with Crippen molar-refractivity contribution in [1.29, 1.82) is 0 Å². The van der Waals surface area contributed by atoms with Gasteiger partial charge >= 0.3 is 0 Å². The highest BCUT2D eigenvalue weighted by Gasteiger charge is 2.17. The van der Waals surface area contributed by atoms with E-state index in [1.54, 1.807) is 11.3 Å². The summed E-state index contributed by atoms with van der Waals surface area (Å²) in [6.45, 7) is 1.52. The molecule has 1 saturated heterocycles. The largest absolute Gasteiger partial charge is 0.355 e. The summed E-state index contributed by atoms with van der Waals surface area (Å²) in [5, 5.41) is 6.27. The number of carbonyl (C=O) groups is 1. The van der Waals surface area contributed by atoms with E-state index in [2.05, 4.69) is 26.6 Å². The van der Waals surface area contributed by atoms with Crippen LogP contribution >= 0.6 is 38.9 Å². The van der Waals surface area contributed by atoms with E-state index >= 15 is 0 Å². The Bertz CT molecular complexity index is 367. The van der Waals surface area contributed by atoms with E-state index in [9.17, 15) is 4.79 Å². The highest BCUT2D eigenvalue weighted by molar-refractivity contribution is 9.10. The Morgan fingerprint density at radius 1 is 1.69 bits per heavy atom. The quantitative estimate of drug-likeness (QED) is 0.897. The zero-order valence-electron chi connectivity index (χ0n) is 8.56. The molecule has 2 N–H and O–H groups in total. The first-order chi connectivity index (χ1) is 7.65. The van der Waals surface area contributed by atoms with E-state index in [0.717, 1.165) is 28.3 Å². The molecule has 1 unspecified atom stereocenters. The van der Waals surface area contributed by atoms with Crippen LogP contribution in [0.1, 0.15) is 17.7 Å². The lowest BCUT2D eigenvalue weighted by Gasteiger charge is -2.23. The van der Waals surface area contributed by atoms with Crippen LogP contribution < -0.4 is 10.6 Å². The molecule has 0 bridgehead atoms. The predicted octanol–water partition coefficient (Wildman–Crippen LogP) is 2.53. The predicted molar refractivity (Wildman–Crippen MR) is 69.9 cm³/mol. The van der Waals surface area contributed by atoms with Gasteiger partial charge in [0.05, 0.1) is 0 Å². The van der Waals surface area contributed by atoms with Crippen LogP contribution in [0.4, 0.5) is 0 Å². The summed E-state index contributed by atoms with van der Waals surface area (Å²) in [7, 11) is 0. The van der Waals surface area contributed by atoms with Crippen LogP contribution in [0.5, 0.6) is 0 Å². The maximum atomic E-state index is 11.0. The van der Waals surface area contributed by atoms with Crippen molar-refractivity contribution in [2.24, 2.45) is 0 Å². The number of amides is 1. The zero-order valence-corrected chi connectivity index (χ0v) is 11.7. The Morgan fingerprint density at radius 2 is 2.50 bits per heavy atom. The lowest BCUT2D eigenvalue weighted by molar-refractivity contribution is -0.122. The fraction of sp³-hybridized carbons (Fsp3) is 0.500. The van der Waals surface area contributed by atoms with Gasteiger partial charge in [-0.2, -0.15) is 0 Å². The Morgan fingerprint density at radius 3 is 3.06 bits per heavy atom. The fourth-order valence-corrected chi connectivity index (χ4v) is 3.37. The minimum atomic E-state index is 0.153. The van der Waals surface area contributed by atoms with Gasteiger partial charge in [-0.3, -0.25) is 4.79 Å². The molecule has 1 amide bonds. The molecule has 2 heterocycles. The molecule has 88 valence electrons. The third-order valence-electron chi connectivity index (χ3n) is 2.53. The highest BCUT2D eigenvalue weighted by atomic mass is 79.9. The SMILES string of the molecule is O=C1CCC(NCc2cc(Br)c(Cl)s2)CN1. The van der Waals surface area contributed by atoms with Gasteiger partial charge in [0, 0.05) is 34.9 Å². The number of nitrogens with one attached hydrogen (secondary N) is 2. The Labute approximate surface area is 112 Å². The highest BCUT2D eigenvalue weighted by Crippen LogP contribution is 2.31. The number of piperidine rings is 1. The molecule has 1 aromatic heterocycles. The molecule has 0 radical (unpaired) electrons. The van der Waals surface area contributed by atoms with Gasteiger partial charge in [0.25, 0.3) is 0 Å². The number of hydrogen-bond acceptors (Lipinski definition) is 3. The molecule has 0 saturated carbocycles. The van der Waals surface area contributed by atoms with Crippen LogP contribution in [0.2, 0.25) is 4.34 Å². The minimum absolute atomic E-state index is 0.153. The van der Waals surface area contributed by atoms with E-state index in [1.165, 1.54) is 4.88 Å². The maximum absolute atomic E-state index is 11.0. The monoisotopic (exact) mass is 322 g/mol. The molecule has 1 fully saturated rings. The molecule has 1 atom stereocenters. The van der Waals surface area contributed by atoms with Gasteiger partial charge in [-0.1, -0.05) is 11.6 Å². The lowest BCUT2D eigenvalue weighted by Crippen LogP contribution is -2.45. The van der Waals surface area contributed by atoms with Crippen LogP contribution in [0.25, 0.3) is 0 Å². The number of rotatable bonds is 3. The first-order valence-electron chi connectivity index (χ1n) is 5.09. The van der Waals surface area contributed by atoms with Crippen LogP contribution in [-0.4, -0.2) is 18.5 Å². The number of hydrogen-bond donors (Lipinski definition) is 2. The van der Waals surface area contributed by atoms with Gasteiger partial charge in [0.15, 0.2) is 0 Å². The number of halogens is 2. The second kappa shape index (κ2) is 5.49. The summed E-state index contributed by atoms with van der Waals surface area (Å²) in [5.74, 6) is 0.153. The molecule has 3 nitrogen and oxygen atoms in total. The summed E-state index contributed by atoms with van der Waals surface area (Å²) >= 11 is 10.9. The van der Waals surface area contributed by atoms with Crippen molar-refractivity contribution >= 4 is 44.8 Å². The maximum Gasteiger partial charge on any atom is 0.220 e. The van der Waals surface area contributed by atoms with Gasteiger partial charge in [-0.25, -0.2) is 0 Å². The van der Waals surface area contributed by atoms with Crippen molar-refractivity contribution in [3.8, 4) is 0 Å². The molecule has 1 aliphatic rings. The first kappa shape index (κ1) is 12.4. The second-order valence-corrected chi connectivity index (χ2v) is 6.35. The third-order valence-corrected chi connectivity index (χ3v) is 5.00. The average Bonchev–Trinajstić information content (AvgIpc) is 2.58. The van der Waals surface area contributed by atoms with Crippen molar-refractivity contribution in [3.05, 3.63) is 19.8 Å². The molecule has 1 aliphatic heterocycles. The number of carbonyl (C=O) groups excluding carboxylic acids is 1. The van der Waals surface area contributed by atoms with E-state index in [4.69, 9.17) is 11.6 Å². The Kier molecular flexibility index (Phi) is 4.24. The van der Waals surface area contributed by atoms with Gasteiger partial charge in [0.2, 0.25) is 5.91 Å². The molecule has 1 aromatic rings. The van der Waals surface area contributed by atoms with E-state index in [-0.39, 0.29) is 5.91 Å². The average molecular weight is 324 g/mol. The standard InChI is InChI=1S/C10H12BrClN2OS/c11-8-3-7(16-10(8)12)5-13-6-1-2-9(15)14-4-6/h3,6,13H,1-2,4-5H2,(H,14,15). The van der Waals surface area contributed by atoms with E-state index < -0.39 is 0 Å². The molecule has 0 aliphatic carbocycles. The molecule has 6 heteroatoms. The van der Waals surface area contributed by atoms with E-state index in [0.29, 0.717) is 12.5 Å². The van der Waals surface area contributed by atoms with Gasteiger partial charge in [0.1, 0.15) is 4.34 Å². The topological polar surface area (TPSA) is 41.1 Å². The summed E-state index contributed by atoms with van der Waals surface area (Å²) in [6.07, 6.45) is 1.53. The first-order valence-corrected chi connectivity index (χ1v) is 7.07. The molecular weight excluding hydrogens is 312 g/mol. The summed E-state index contributed by atoms with van der Waals surface area (Å²) in [5.41, 5.74) is 0. The van der Waals surface area contributed by atoms with Crippen LogP contribution in [0.3, 0.4) is 0 Å². The summed E-state index contributed by atoms with van der Waals surface area (Å²) in [4.78, 5) is 12.2. The van der Waals surface area contributed by atoms with Crippen LogP contribution in [-0.2, 0) is 11.3 Å². The third kappa shape index (κ3) is 3.20. The molecule has 16 heavy (non-hydrogen) atoms. The van der Waals surface area contributed by atoms with E-state index in [1.807, 2.05) is 6.07 Å². The zero-order chi connectivity index (χ0) is 11.5. The van der Waals surface area contributed by atoms with Crippen LogP contribution in [0.15, 0.2) is 10.5 Å². The van der Waals surface area contributed by atoms with Crippen molar-refractivity contribution in [1.82, 2.24) is 10.6 Å². The summed E-state index contributed by atoms with van der Waals surface area (Å²) in [6, 6.07) is 2.40. The molecular formula is C10H12BrClN2OS. The number of thiophene rings is 1. The van der Waals surface area contributed by atoms with Gasteiger partial charge < -0.3 is 10.6 Å². The Balaban J connectivity index is 1.81. The second-order valence-electron chi connectivity index (χ2n) is 3.75. The van der Waals surface area contributed by atoms with Crippen LogP contribution in [0, 0.1) is 0 Å². The fourth-order valence-electron chi connectivity index (χ4n) is 1.63. The smallest absolute Gasteiger partial charge is 0.220 e. The van der Waals surface area contributed by atoms with Gasteiger partial charge in [-0.05, 0) is 28.4 Å². The Hall–Kier alpha value is -0.100.